The molecule has 0 bridgehead atoms. The molecule has 0 spiro atoms. The van der Waals surface area contributed by atoms with Crippen molar-refractivity contribution in [2.75, 3.05) is 7.11 Å². The molecule has 0 atom stereocenters. The molecule has 0 saturated carbocycles. The maximum Gasteiger partial charge on any atom is 0.119 e. The van der Waals surface area contributed by atoms with Gasteiger partial charge in [0.25, 0.3) is 0 Å². The van der Waals surface area contributed by atoms with Crippen LogP contribution in [0.5, 0.6) is 11.5 Å². The molecular formula is C23H23ClO2. The summed E-state index contributed by atoms with van der Waals surface area (Å²) >= 11 is 6.02. The molecule has 2 nitrogen and oxygen atoms in total. The highest BCUT2D eigenvalue weighted by Gasteiger charge is 2.09. The predicted octanol–water partition coefficient (Wildman–Crippen LogP) is 6.72. The molecule has 0 radical (unpaired) electrons. The van der Waals surface area contributed by atoms with Gasteiger partial charge in [0.05, 0.1) is 7.11 Å². The second-order valence-corrected chi connectivity index (χ2v) is 6.98. The summed E-state index contributed by atoms with van der Waals surface area (Å²) in [5.74, 6) is 2.19. The lowest BCUT2D eigenvalue weighted by Gasteiger charge is -2.14. The molecule has 0 aromatic heterocycles. The van der Waals surface area contributed by atoms with E-state index in [-0.39, 0.29) is 0 Å². The van der Waals surface area contributed by atoms with Crippen molar-refractivity contribution in [1.82, 2.24) is 0 Å². The quantitative estimate of drug-likeness (QED) is 0.482. The number of halogens is 1. The highest BCUT2D eigenvalue weighted by Crippen LogP contribution is 2.29. The number of rotatable bonds is 6. The fraction of sp³-hybridized carbons (Fsp3) is 0.217. The van der Waals surface area contributed by atoms with Crippen LogP contribution < -0.4 is 9.47 Å². The normalized spacial score (nSPS) is 10.8. The van der Waals surface area contributed by atoms with Crippen molar-refractivity contribution in [1.29, 1.82) is 0 Å². The predicted molar refractivity (Wildman–Crippen MR) is 108 cm³/mol. The van der Waals surface area contributed by atoms with Gasteiger partial charge in [-0.15, -0.1) is 0 Å². The van der Waals surface area contributed by atoms with Gasteiger partial charge >= 0.3 is 0 Å². The summed E-state index contributed by atoms with van der Waals surface area (Å²) in [6.07, 6.45) is 0. The molecule has 0 aliphatic rings. The van der Waals surface area contributed by atoms with Crippen molar-refractivity contribution in [2.24, 2.45) is 0 Å². The van der Waals surface area contributed by atoms with Crippen LogP contribution in [0.25, 0.3) is 11.1 Å². The van der Waals surface area contributed by atoms with Crippen molar-refractivity contribution in [3.05, 3.63) is 82.9 Å². The molecule has 3 aromatic carbocycles. The van der Waals surface area contributed by atoms with Crippen LogP contribution in [-0.2, 0) is 6.61 Å². The average molecular weight is 367 g/mol. The lowest BCUT2D eigenvalue weighted by Crippen LogP contribution is -1.99. The van der Waals surface area contributed by atoms with Gasteiger partial charge in [0.2, 0.25) is 0 Å². The summed E-state index contributed by atoms with van der Waals surface area (Å²) in [5, 5.41) is 0.727. The Morgan fingerprint density at radius 2 is 1.50 bits per heavy atom. The van der Waals surface area contributed by atoms with Crippen LogP contribution in [0.2, 0.25) is 5.02 Å². The van der Waals surface area contributed by atoms with Crippen molar-refractivity contribution in [3.8, 4) is 22.6 Å². The van der Waals surface area contributed by atoms with Crippen LogP contribution in [0, 0.1) is 0 Å². The zero-order chi connectivity index (χ0) is 18.5. The molecule has 3 aromatic rings. The number of ether oxygens (including phenoxy) is 2. The molecule has 0 unspecified atom stereocenters. The minimum Gasteiger partial charge on any atom is -0.497 e. The van der Waals surface area contributed by atoms with Gasteiger partial charge in [0, 0.05) is 10.6 Å². The summed E-state index contributed by atoms with van der Waals surface area (Å²) < 4.78 is 11.4. The molecule has 0 N–H and O–H groups in total. The van der Waals surface area contributed by atoms with Gasteiger partial charge < -0.3 is 9.47 Å². The van der Waals surface area contributed by atoms with Gasteiger partial charge in [-0.3, -0.25) is 0 Å². The Morgan fingerprint density at radius 3 is 2.12 bits per heavy atom. The average Bonchev–Trinajstić information content (AvgIpc) is 2.67. The van der Waals surface area contributed by atoms with Crippen molar-refractivity contribution in [2.45, 2.75) is 26.4 Å². The van der Waals surface area contributed by atoms with E-state index in [1.165, 1.54) is 5.56 Å². The second kappa shape index (κ2) is 8.29. The van der Waals surface area contributed by atoms with Gasteiger partial charge in [-0.1, -0.05) is 55.8 Å². The summed E-state index contributed by atoms with van der Waals surface area (Å²) in [5.41, 5.74) is 4.59. The topological polar surface area (TPSA) is 18.5 Å². The van der Waals surface area contributed by atoms with Crippen LogP contribution in [0.15, 0.2) is 66.7 Å². The van der Waals surface area contributed by atoms with Crippen molar-refractivity contribution >= 4 is 11.6 Å². The lowest BCUT2D eigenvalue weighted by atomic mass is 10.00. The SMILES string of the molecule is COc1ccc(-c2ccc(Cl)cc2)c(COc2ccc(C(C)C)cc2)c1. The van der Waals surface area contributed by atoms with Crippen LogP contribution in [0.1, 0.15) is 30.9 Å². The Kier molecular flexibility index (Phi) is 5.85. The van der Waals surface area contributed by atoms with Gasteiger partial charge in [0.1, 0.15) is 18.1 Å². The molecule has 3 rings (SSSR count). The third kappa shape index (κ3) is 4.39. The van der Waals surface area contributed by atoms with Crippen molar-refractivity contribution < 1.29 is 9.47 Å². The first kappa shape index (κ1) is 18.3. The first-order chi connectivity index (χ1) is 12.6. The summed E-state index contributed by atoms with van der Waals surface area (Å²) in [7, 11) is 1.67. The standard InChI is InChI=1S/C23H23ClO2/c1-16(2)17-6-10-21(11-7-17)26-15-19-14-22(25-3)12-13-23(19)18-4-8-20(24)9-5-18/h4-14,16H,15H2,1-3H3. The molecule has 0 heterocycles. The van der Waals surface area contributed by atoms with Gasteiger partial charge in [0.15, 0.2) is 0 Å². The van der Waals surface area contributed by atoms with E-state index >= 15 is 0 Å². The van der Waals surface area contributed by atoms with Crippen LogP contribution in [0.4, 0.5) is 0 Å². The van der Waals surface area contributed by atoms with Crippen LogP contribution in [-0.4, -0.2) is 7.11 Å². The number of benzene rings is 3. The monoisotopic (exact) mass is 366 g/mol. The minimum atomic E-state index is 0.468. The van der Waals surface area contributed by atoms with Crippen LogP contribution in [0.3, 0.4) is 0 Å². The Balaban J connectivity index is 1.84. The number of hydrogen-bond donors (Lipinski definition) is 0. The van der Waals surface area contributed by atoms with E-state index in [4.69, 9.17) is 21.1 Å². The first-order valence-electron chi connectivity index (χ1n) is 8.72. The van der Waals surface area contributed by atoms with Gasteiger partial charge in [-0.05, 0) is 59.0 Å². The molecular weight excluding hydrogens is 344 g/mol. The van der Waals surface area contributed by atoms with E-state index in [0.29, 0.717) is 12.5 Å². The van der Waals surface area contributed by atoms with E-state index in [1.807, 2.05) is 48.5 Å². The maximum absolute atomic E-state index is 6.03. The Bertz CT molecular complexity index is 852. The molecule has 0 saturated heterocycles. The maximum atomic E-state index is 6.03. The zero-order valence-electron chi connectivity index (χ0n) is 15.3. The van der Waals surface area contributed by atoms with Gasteiger partial charge in [-0.2, -0.15) is 0 Å². The van der Waals surface area contributed by atoms with Gasteiger partial charge in [-0.25, -0.2) is 0 Å². The first-order valence-corrected chi connectivity index (χ1v) is 9.10. The smallest absolute Gasteiger partial charge is 0.119 e. The molecule has 26 heavy (non-hydrogen) atoms. The molecule has 0 fully saturated rings. The third-order valence-electron chi connectivity index (χ3n) is 4.41. The highest BCUT2D eigenvalue weighted by molar-refractivity contribution is 6.30. The second-order valence-electron chi connectivity index (χ2n) is 6.54. The van der Waals surface area contributed by atoms with E-state index in [0.717, 1.165) is 33.2 Å². The Labute approximate surface area is 160 Å². The summed E-state index contributed by atoms with van der Waals surface area (Å²) in [4.78, 5) is 0. The molecule has 0 amide bonds. The molecule has 0 aliphatic heterocycles. The fourth-order valence-corrected chi connectivity index (χ4v) is 2.96. The third-order valence-corrected chi connectivity index (χ3v) is 4.66. The zero-order valence-corrected chi connectivity index (χ0v) is 16.1. The van der Waals surface area contributed by atoms with Crippen LogP contribution >= 0.6 is 11.6 Å². The Hall–Kier alpha value is -2.45. The molecule has 0 aliphatic carbocycles. The number of methoxy groups -OCH3 is 1. The Morgan fingerprint density at radius 1 is 0.846 bits per heavy atom. The largest absolute Gasteiger partial charge is 0.497 e. The minimum absolute atomic E-state index is 0.468. The molecule has 3 heteroatoms. The highest BCUT2D eigenvalue weighted by atomic mass is 35.5. The lowest BCUT2D eigenvalue weighted by molar-refractivity contribution is 0.305. The van der Waals surface area contributed by atoms with E-state index in [9.17, 15) is 0 Å². The van der Waals surface area contributed by atoms with E-state index in [1.54, 1.807) is 7.11 Å². The van der Waals surface area contributed by atoms with Crippen molar-refractivity contribution in [3.63, 3.8) is 0 Å². The summed E-state index contributed by atoms with van der Waals surface area (Å²) in [6, 6.07) is 22.2. The summed E-state index contributed by atoms with van der Waals surface area (Å²) in [6.45, 7) is 4.84. The number of hydrogen-bond acceptors (Lipinski definition) is 2. The fourth-order valence-electron chi connectivity index (χ4n) is 2.84. The van der Waals surface area contributed by atoms with E-state index in [2.05, 4.69) is 32.0 Å². The molecule has 134 valence electrons. The van der Waals surface area contributed by atoms with E-state index < -0.39 is 0 Å².